The van der Waals surface area contributed by atoms with Gasteiger partial charge in [-0.3, -0.25) is 4.79 Å². The molecule has 0 fully saturated rings. The van der Waals surface area contributed by atoms with E-state index in [4.69, 9.17) is 19.9 Å². The number of allylic oxidation sites excluding steroid dienone is 2. The molecule has 2 bridgehead atoms. The first-order valence-corrected chi connectivity index (χ1v) is 13.8. The summed E-state index contributed by atoms with van der Waals surface area (Å²) in [6, 6.07) is 1.28. The molecule has 2 amide bonds. The number of hydrogen-bond acceptors (Lipinski definition) is 9. The summed E-state index contributed by atoms with van der Waals surface area (Å²) < 4.78 is 16.6. The molecule has 1 heterocycles. The number of aliphatic hydroxyl groups excluding tert-OH is 1. The molecular formula is C31H45N3O8. The summed E-state index contributed by atoms with van der Waals surface area (Å²) >= 11 is 0. The van der Waals surface area contributed by atoms with E-state index in [0.29, 0.717) is 41.8 Å². The third-order valence-corrected chi connectivity index (χ3v) is 7.25. The van der Waals surface area contributed by atoms with Crippen molar-refractivity contribution in [3.63, 3.8) is 0 Å². The van der Waals surface area contributed by atoms with E-state index in [9.17, 15) is 24.9 Å². The van der Waals surface area contributed by atoms with Gasteiger partial charge in [-0.15, -0.1) is 6.58 Å². The molecule has 7 N–H and O–H groups in total. The Bertz CT molecular complexity index is 1210. The second-order valence-electron chi connectivity index (χ2n) is 10.6. The van der Waals surface area contributed by atoms with Crippen LogP contribution < -0.4 is 16.4 Å². The number of benzene rings is 1. The summed E-state index contributed by atoms with van der Waals surface area (Å²) in [5, 5.41) is 39.1. The minimum absolute atomic E-state index is 0.0416. The van der Waals surface area contributed by atoms with Gasteiger partial charge in [-0.05, 0) is 38.2 Å². The van der Waals surface area contributed by atoms with Gasteiger partial charge in [-0.2, -0.15) is 0 Å². The van der Waals surface area contributed by atoms with E-state index >= 15 is 0 Å². The molecule has 232 valence electrons. The average molecular weight is 588 g/mol. The van der Waals surface area contributed by atoms with Crippen LogP contribution in [0.2, 0.25) is 0 Å². The van der Waals surface area contributed by atoms with Gasteiger partial charge in [0.15, 0.2) is 6.10 Å². The molecule has 1 aliphatic heterocycles. The summed E-state index contributed by atoms with van der Waals surface area (Å²) in [5.41, 5.74) is 7.01. The van der Waals surface area contributed by atoms with Crippen LogP contribution in [-0.4, -0.2) is 72.5 Å². The van der Waals surface area contributed by atoms with Crippen LogP contribution in [0.3, 0.4) is 0 Å². The van der Waals surface area contributed by atoms with Crippen LogP contribution >= 0.6 is 0 Å². The molecule has 0 radical (unpaired) electrons. The van der Waals surface area contributed by atoms with Gasteiger partial charge in [0.2, 0.25) is 0 Å². The molecule has 0 spiro atoms. The van der Waals surface area contributed by atoms with Crippen LogP contribution in [0.4, 0.5) is 16.2 Å². The number of fused-ring (bicyclic) bond motifs is 2. The molecule has 11 nitrogen and oxygen atoms in total. The standard InChI is InChI=1S/C31H45N3O8/c1-8-12-33-26-21-13-17(2)14-25(41-7)27(36)19(4)15-20(5)29(42-31(32)39)24(40-6)11-9-10-18(3)30(38)34-22(28(21)37)16-23(26)35/h8-11,15-17,19,24-25,27,29,33,35-37H,1,12-14H2,2-7H3,(H2,32,39)(H,34,38)/t17?,19?,24-,25-,27?,29-/m0/s1. The number of nitrogens with one attached hydrogen (secondary N) is 2. The maximum Gasteiger partial charge on any atom is 0.405 e. The topological polar surface area (TPSA) is 173 Å². The van der Waals surface area contributed by atoms with Crippen LogP contribution in [0.1, 0.15) is 39.7 Å². The predicted octanol–water partition coefficient (Wildman–Crippen LogP) is 4.16. The Morgan fingerprint density at radius 3 is 2.52 bits per heavy atom. The number of aliphatic hydroxyl groups is 1. The lowest BCUT2D eigenvalue weighted by molar-refractivity contribution is -0.112. The van der Waals surface area contributed by atoms with Gasteiger partial charge in [-0.1, -0.05) is 44.2 Å². The van der Waals surface area contributed by atoms with Gasteiger partial charge < -0.3 is 45.9 Å². The van der Waals surface area contributed by atoms with Gasteiger partial charge >= 0.3 is 6.09 Å². The third kappa shape index (κ3) is 9.10. The number of nitrogens with two attached hydrogens (primary N) is 1. The van der Waals surface area contributed by atoms with Crippen molar-refractivity contribution >= 4 is 23.4 Å². The highest BCUT2D eigenvalue weighted by Gasteiger charge is 2.30. The maximum absolute atomic E-state index is 13.0. The highest BCUT2D eigenvalue weighted by atomic mass is 16.6. The first-order chi connectivity index (χ1) is 19.8. The first kappa shape index (κ1) is 34.4. The van der Waals surface area contributed by atoms with Crippen LogP contribution in [0.5, 0.6) is 11.5 Å². The number of primary amides is 1. The lowest BCUT2D eigenvalue weighted by atomic mass is 9.87. The number of ether oxygens (including phenoxy) is 3. The SMILES string of the molecule is C=CCNc1c(O)cc2c(O)c1CC(C)C[C@H](OC)C(O)C(C)C=C(C)[C@H](OC(N)=O)[C@@H](OC)C=CC=C(C)C(=O)N2. The summed E-state index contributed by atoms with van der Waals surface area (Å²) in [4.78, 5) is 24.7. The van der Waals surface area contributed by atoms with Crippen LogP contribution in [-0.2, 0) is 25.4 Å². The summed E-state index contributed by atoms with van der Waals surface area (Å²) in [5.74, 6) is -1.41. The normalized spacial score (nSPS) is 26.0. The Kier molecular flexibility index (Phi) is 13.1. The van der Waals surface area contributed by atoms with Gasteiger partial charge in [-0.25, -0.2) is 4.79 Å². The third-order valence-electron chi connectivity index (χ3n) is 7.25. The number of carbonyl (C=O) groups excluding carboxylic acids is 2. The number of methoxy groups -OCH3 is 2. The van der Waals surface area contributed by atoms with E-state index in [1.807, 2.05) is 13.8 Å². The fraction of sp³-hybridized carbons (Fsp3) is 0.484. The average Bonchev–Trinajstić information content (AvgIpc) is 2.94. The summed E-state index contributed by atoms with van der Waals surface area (Å²) in [6.07, 6.45) is 4.64. The fourth-order valence-electron chi connectivity index (χ4n) is 4.98. The Hall–Kier alpha value is -3.80. The molecule has 1 aliphatic rings. The molecule has 6 atom stereocenters. The molecular weight excluding hydrogens is 542 g/mol. The van der Waals surface area contributed by atoms with Gasteiger partial charge in [0, 0.05) is 43.9 Å². The molecule has 2 rings (SSSR count). The smallest absolute Gasteiger partial charge is 0.405 e. The summed E-state index contributed by atoms with van der Waals surface area (Å²) in [7, 11) is 2.95. The first-order valence-electron chi connectivity index (χ1n) is 13.8. The van der Waals surface area contributed by atoms with E-state index in [1.165, 1.54) is 26.4 Å². The number of phenolic OH excluding ortho intramolecular Hbond substituents is 2. The van der Waals surface area contributed by atoms with Gasteiger partial charge in [0.05, 0.1) is 23.6 Å². The van der Waals surface area contributed by atoms with Crippen LogP contribution in [0.15, 0.2) is 54.2 Å². The summed E-state index contributed by atoms with van der Waals surface area (Å²) in [6.45, 7) is 11.1. The van der Waals surface area contributed by atoms with Crippen molar-refractivity contribution in [1.82, 2.24) is 0 Å². The van der Waals surface area contributed by atoms with Crippen molar-refractivity contribution in [2.24, 2.45) is 17.6 Å². The maximum atomic E-state index is 13.0. The Balaban J connectivity index is 2.67. The molecule has 1 aromatic carbocycles. The molecule has 1 aromatic rings. The molecule has 3 unspecified atom stereocenters. The number of anilines is 2. The number of rotatable bonds is 6. The minimum atomic E-state index is -0.990. The van der Waals surface area contributed by atoms with Crippen molar-refractivity contribution in [2.45, 2.75) is 65.0 Å². The molecule has 0 saturated carbocycles. The monoisotopic (exact) mass is 587 g/mol. The highest BCUT2D eigenvalue weighted by molar-refractivity contribution is 6.04. The Labute approximate surface area is 247 Å². The van der Waals surface area contributed by atoms with E-state index in [-0.39, 0.29) is 23.1 Å². The number of carbonyl (C=O) groups is 2. The second kappa shape index (κ2) is 16.0. The Morgan fingerprint density at radius 1 is 1.24 bits per heavy atom. The number of amides is 2. The molecule has 42 heavy (non-hydrogen) atoms. The van der Waals surface area contributed by atoms with Crippen LogP contribution in [0, 0.1) is 11.8 Å². The van der Waals surface area contributed by atoms with E-state index < -0.39 is 42.3 Å². The lowest BCUT2D eigenvalue weighted by Gasteiger charge is -2.29. The van der Waals surface area contributed by atoms with Crippen molar-refractivity contribution in [3.05, 3.63) is 59.7 Å². The van der Waals surface area contributed by atoms with Crippen molar-refractivity contribution < 1.29 is 39.1 Å². The fourth-order valence-corrected chi connectivity index (χ4v) is 4.98. The van der Waals surface area contributed by atoms with E-state index in [0.717, 1.165) is 0 Å². The number of hydrogen-bond donors (Lipinski definition) is 6. The zero-order valence-corrected chi connectivity index (χ0v) is 25.2. The van der Waals surface area contributed by atoms with E-state index in [1.54, 1.807) is 38.2 Å². The zero-order chi connectivity index (χ0) is 31.6. The number of aromatic hydroxyl groups is 2. The predicted molar refractivity (Wildman–Crippen MR) is 162 cm³/mol. The lowest BCUT2D eigenvalue weighted by Crippen LogP contribution is -2.37. The Morgan fingerprint density at radius 2 is 1.93 bits per heavy atom. The highest BCUT2D eigenvalue weighted by Crippen LogP contribution is 2.42. The molecule has 11 heteroatoms. The largest absolute Gasteiger partial charge is 0.506 e. The van der Waals surface area contributed by atoms with E-state index in [2.05, 4.69) is 17.2 Å². The minimum Gasteiger partial charge on any atom is -0.506 e. The quantitative estimate of drug-likeness (QED) is 0.162. The van der Waals surface area contributed by atoms with Crippen molar-refractivity contribution in [3.8, 4) is 11.5 Å². The zero-order valence-electron chi connectivity index (χ0n) is 25.2. The van der Waals surface area contributed by atoms with Crippen LogP contribution in [0.25, 0.3) is 0 Å². The van der Waals surface area contributed by atoms with Crippen molar-refractivity contribution in [1.29, 1.82) is 0 Å². The van der Waals surface area contributed by atoms with Gasteiger partial charge in [0.1, 0.15) is 17.6 Å². The second-order valence-corrected chi connectivity index (χ2v) is 10.6. The molecule has 0 saturated heterocycles. The molecule has 0 aromatic heterocycles. The number of phenols is 2. The van der Waals surface area contributed by atoms with Crippen molar-refractivity contribution in [2.75, 3.05) is 31.4 Å². The molecule has 0 aliphatic carbocycles. The van der Waals surface area contributed by atoms with Gasteiger partial charge in [0.25, 0.3) is 5.91 Å².